The summed E-state index contributed by atoms with van der Waals surface area (Å²) < 4.78 is 11.9. The number of hydrogen-bond donors (Lipinski definition) is 0. The molecule has 0 bridgehead atoms. The molecule has 13 heavy (non-hydrogen) atoms. The van der Waals surface area contributed by atoms with Gasteiger partial charge < -0.3 is 9.47 Å². The normalized spacial score (nSPS) is 26.0. The smallest absolute Gasteiger partial charge is 0.219 e. The van der Waals surface area contributed by atoms with E-state index in [0.717, 1.165) is 10.0 Å². The first-order valence-electron chi connectivity index (χ1n) is 4.31. The Balaban J connectivity index is 2.20. The molecule has 1 unspecified atom stereocenters. The van der Waals surface area contributed by atoms with Crippen LogP contribution in [0.5, 0.6) is 0 Å². The molecule has 0 aromatic heterocycles. The number of benzene rings is 1. The van der Waals surface area contributed by atoms with Crippen LogP contribution in [0.1, 0.15) is 12.5 Å². The molecule has 2 nitrogen and oxygen atoms in total. The first-order valence-corrected chi connectivity index (χ1v) is 5.10. The Kier molecular flexibility index (Phi) is 2.41. The van der Waals surface area contributed by atoms with Gasteiger partial charge in [0.2, 0.25) is 5.79 Å². The molecule has 0 saturated carbocycles. The summed E-state index contributed by atoms with van der Waals surface area (Å²) in [6.45, 7) is 3.32. The molecular formula is C10H11BrO2. The average Bonchev–Trinajstić information content (AvgIpc) is 2.87. The summed E-state index contributed by atoms with van der Waals surface area (Å²) in [6.07, 6.45) is 0. The Labute approximate surface area is 86.0 Å². The summed E-state index contributed by atoms with van der Waals surface area (Å²) in [5, 5.41) is 0. The highest BCUT2D eigenvalue weighted by Crippen LogP contribution is 2.39. The maximum Gasteiger partial charge on any atom is 0.219 e. The second-order valence-corrected chi connectivity index (χ2v) is 3.90. The van der Waals surface area contributed by atoms with Gasteiger partial charge in [-0.25, -0.2) is 0 Å². The van der Waals surface area contributed by atoms with Gasteiger partial charge in [-0.2, -0.15) is 0 Å². The van der Waals surface area contributed by atoms with Gasteiger partial charge in [0, 0.05) is 16.6 Å². The summed E-state index contributed by atoms with van der Waals surface area (Å²) in [7, 11) is 0. The Morgan fingerprint density at radius 2 is 2.08 bits per heavy atom. The van der Waals surface area contributed by atoms with Crippen LogP contribution in [0.15, 0.2) is 28.7 Å². The minimum atomic E-state index is -0.435. The highest BCUT2D eigenvalue weighted by atomic mass is 79.9. The first kappa shape index (κ1) is 9.19. The predicted octanol–water partition coefficient (Wildman–Crippen LogP) is 2.67. The Morgan fingerprint density at radius 3 is 2.54 bits per heavy atom. The summed E-state index contributed by atoms with van der Waals surface area (Å²) in [5.74, 6) is -0.435. The topological polar surface area (TPSA) is 21.8 Å². The zero-order chi connectivity index (χ0) is 9.31. The van der Waals surface area contributed by atoms with Crippen LogP contribution in [0.4, 0.5) is 0 Å². The number of halogens is 1. The third-order valence-corrected chi connectivity index (χ3v) is 2.60. The molecule has 0 aliphatic carbocycles. The average molecular weight is 243 g/mol. The van der Waals surface area contributed by atoms with E-state index in [1.807, 2.05) is 31.2 Å². The van der Waals surface area contributed by atoms with E-state index in [0.29, 0.717) is 13.2 Å². The molecule has 0 spiro atoms. The lowest BCUT2D eigenvalue weighted by molar-refractivity contribution is -0.0416. The van der Waals surface area contributed by atoms with E-state index in [1.165, 1.54) is 0 Å². The Bertz CT molecular complexity index is 290. The van der Waals surface area contributed by atoms with Gasteiger partial charge in [-0.15, -0.1) is 0 Å². The van der Waals surface area contributed by atoms with Gasteiger partial charge in [0.1, 0.15) is 6.61 Å². The lowest BCUT2D eigenvalue weighted by Gasteiger charge is -2.11. The van der Waals surface area contributed by atoms with Crippen LogP contribution < -0.4 is 0 Å². The molecule has 1 saturated heterocycles. The van der Waals surface area contributed by atoms with Gasteiger partial charge in [-0.05, 0) is 19.1 Å². The van der Waals surface area contributed by atoms with E-state index >= 15 is 0 Å². The molecule has 1 aliphatic rings. The van der Waals surface area contributed by atoms with Gasteiger partial charge in [0.15, 0.2) is 0 Å². The van der Waals surface area contributed by atoms with E-state index in [1.54, 1.807) is 0 Å². The van der Waals surface area contributed by atoms with E-state index in [2.05, 4.69) is 15.9 Å². The van der Waals surface area contributed by atoms with Crippen molar-refractivity contribution < 1.29 is 9.47 Å². The maximum absolute atomic E-state index is 5.53. The molecule has 0 N–H and O–H groups in total. The number of hydrogen-bond acceptors (Lipinski definition) is 2. The molecule has 1 fully saturated rings. The standard InChI is InChI=1S/C10H11BrO2/c1-2-12-10(7-13-10)8-3-5-9(11)6-4-8/h3-6H,2,7H2,1H3. The van der Waals surface area contributed by atoms with Crippen LogP contribution >= 0.6 is 15.9 Å². The lowest BCUT2D eigenvalue weighted by atomic mass is 10.1. The molecule has 3 heteroatoms. The van der Waals surface area contributed by atoms with Gasteiger partial charge in [0.05, 0.1) is 0 Å². The first-order chi connectivity index (χ1) is 6.27. The molecule has 1 aromatic carbocycles. The van der Waals surface area contributed by atoms with Crippen molar-refractivity contribution in [2.24, 2.45) is 0 Å². The van der Waals surface area contributed by atoms with E-state index in [9.17, 15) is 0 Å². The van der Waals surface area contributed by atoms with Crippen molar-refractivity contribution in [1.29, 1.82) is 0 Å². The van der Waals surface area contributed by atoms with Crippen molar-refractivity contribution in [1.82, 2.24) is 0 Å². The van der Waals surface area contributed by atoms with E-state index < -0.39 is 5.79 Å². The molecule has 1 aromatic rings. The second-order valence-electron chi connectivity index (χ2n) is 2.98. The van der Waals surface area contributed by atoms with E-state index in [-0.39, 0.29) is 0 Å². The third-order valence-electron chi connectivity index (χ3n) is 2.07. The number of rotatable bonds is 3. The molecule has 0 radical (unpaired) electrons. The van der Waals surface area contributed by atoms with Gasteiger partial charge in [-0.1, -0.05) is 28.1 Å². The van der Waals surface area contributed by atoms with Crippen molar-refractivity contribution in [3.63, 3.8) is 0 Å². The quantitative estimate of drug-likeness (QED) is 0.761. The fourth-order valence-corrected chi connectivity index (χ4v) is 1.60. The fraction of sp³-hybridized carbons (Fsp3) is 0.400. The van der Waals surface area contributed by atoms with Crippen LogP contribution in [0.2, 0.25) is 0 Å². The fourth-order valence-electron chi connectivity index (χ4n) is 1.34. The molecule has 1 heterocycles. The summed E-state index contributed by atoms with van der Waals surface area (Å²) in [6, 6.07) is 8.04. The van der Waals surface area contributed by atoms with Crippen LogP contribution in [-0.2, 0) is 15.3 Å². The zero-order valence-electron chi connectivity index (χ0n) is 7.42. The lowest BCUT2D eigenvalue weighted by Crippen LogP contribution is -2.13. The van der Waals surface area contributed by atoms with Crippen LogP contribution in [0, 0.1) is 0 Å². The molecule has 1 aliphatic heterocycles. The summed E-state index contributed by atoms with van der Waals surface area (Å²) in [5.41, 5.74) is 1.09. The minimum Gasteiger partial charge on any atom is -0.344 e. The van der Waals surface area contributed by atoms with E-state index in [4.69, 9.17) is 9.47 Å². The van der Waals surface area contributed by atoms with Gasteiger partial charge >= 0.3 is 0 Å². The van der Waals surface area contributed by atoms with Crippen molar-refractivity contribution in [2.45, 2.75) is 12.7 Å². The molecule has 0 amide bonds. The molecule has 2 rings (SSSR count). The molecule has 1 atom stereocenters. The highest BCUT2D eigenvalue weighted by Gasteiger charge is 2.47. The number of ether oxygens (including phenoxy) is 2. The summed E-state index contributed by atoms with van der Waals surface area (Å²) in [4.78, 5) is 0. The maximum atomic E-state index is 5.53. The van der Waals surface area contributed by atoms with Crippen molar-refractivity contribution in [2.75, 3.05) is 13.2 Å². The molecular weight excluding hydrogens is 232 g/mol. The van der Waals surface area contributed by atoms with Crippen molar-refractivity contribution in [3.8, 4) is 0 Å². The SMILES string of the molecule is CCOC1(c2ccc(Br)cc2)CO1. The predicted molar refractivity (Wildman–Crippen MR) is 53.4 cm³/mol. The summed E-state index contributed by atoms with van der Waals surface area (Å²) >= 11 is 3.39. The zero-order valence-corrected chi connectivity index (χ0v) is 9.00. The minimum absolute atomic E-state index is 0.435. The number of epoxide rings is 1. The van der Waals surface area contributed by atoms with Crippen LogP contribution in [0.3, 0.4) is 0 Å². The largest absolute Gasteiger partial charge is 0.344 e. The van der Waals surface area contributed by atoms with Crippen LogP contribution in [-0.4, -0.2) is 13.2 Å². The van der Waals surface area contributed by atoms with Crippen molar-refractivity contribution in [3.05, 3.63) is 34.3 Å². The Morgan fingerprint density at radius 1 is 1.46 bits per heavy atom. The van der Waals surface area contributed by atoms with Gasteiger partial charge in [-0.3, -0.25) is 0 Å². The van der Waals surface area contributed by atoms with Crippen LogP contribution in [0.25, 0.3) is 0 Å². The third kappa shape index (κ3) is 1.77. The highest BCUT2D eigenvalue weighted by molar-refractivity contribution is 9.10. The molecule has 70 valence electrons. The second kappa shape index (κ2) is 3.40. The van der Waals surface area contributed by atoms with Crippen molar-refractivity contribution >= 4 is 15.9 Å². The monoisotopic (exact) mass is 242 g/mol. The van der Waals surface area contributed by atoms with Gasteiger partial charge in [0.25, 0.3) is 0 Å². The Hall–Kier alpha value is -0.380.